The highest BCUT2D eigenvalue weighted by atomic mass is 19.2. The van der Waals surface area contributed by atoms with E-state index < -0.39 is 116 Å². The van der Waals surface area contributed by atoms with Gasteiger partial charge in [0, 0.05) is 54.4 Å². The first kappa shape index (κ1) is 58.6. The fraction of sp³-hybridized carbons (Fsp3) is 0.531. The minimum atomic E-state index is -2.54. The number of halogens is 3. The third-order valence-electron chi connectivity index (χ3n) is 15.1. The molecule has 0 aliphatic carbocycles. The maximum absolute atomic E-state index is 14.2. The number of anilines is 1. The van der Waals surface area contributed by atoms with E-state index in [0.29, 0.717) is 39.5 Å². The van der Waals surface area contributed by atoms with Crippen molar-refractivity contribution < 1.29 is 73.0 Å². The van der Waals surface area contributed by atoms with Gasteiger partial charge in [-0.3, -0.25) is 32.7 Å². The number of aromatic amines is 3. The smallest absolute Gasteiger partial charge is 0.279 e. The number of aromatic nitrogens is 13. The summed E-state index contributed by atoms with van der Waals surface area (Å²) < 4.78 is 70.0. The van der Waals surface area contributed by atoms with Crippen LogP contribution in [-0.4, -0.2) is 178 Å². The molecule has 0 spiro atoms. The zero-order valence-electron chi connectivity index (χ0n) is 44.1. The molecule has 4 aliphatic rings. The van der Waals surface area contributed by atoms with E-state index in [9.17, 15) is 53.1 Å². The first-order valence-electron chi connectivity index (χ1n) is 25.3. The van der Waals surface area contributed by atoms with Crippen molar-refractivity contribution in [1.29, 1.82) is 0 Å². The first-order valence-corrected chi connectivity index (χ1v) is 25.3. The van der Waals surface area contributed by atoms with Gasteiger partial charge in [0.05, 0.1) is 43.7 Å². The predicted octanol–water partition coefficient (Wildman–Crippen LogP) is -0.281. The molecule has 0 radical (unpaired) electrons. The molecule has 81 heavy (non-hydrogen) atoms. The van der Waals surface area contributed by atoms with Crippen LogP contribution in [0, 0.1) is 30.6 Å². The van der Waals surface area contributed by atoms with Crippen LogP contribution in [0.2, 0.25) is 0 Å². The lowest BCUT2D eigenvalue weighted by molar-refractivity contribution is -0.206. The summed E-state index contributed by atoms with van der Waals surface area (Å²) in [7, 11) is 0. The van der Waals surface area contributed by atoms with Crippen molar-refractivity contribution in [3.63, 3.8) is 0 Å². The maximum Gasteiger partial charge on any atom is 0.279 e. The number of nitrogen functional groups attached to an aromatic ring is 1. The van der Waals surface area contributed by atoms with Crippen LogP contribution in [0.1, 0.15) is 65.4 Å². The van der Waals surface area contributed by atoms with Gasteiger partial charge in [0.1, 0.15) is 91.3 Å². The van der Waals surface area contributed by atoms with Gasteiger partial charge in [-0.2, -0.15) is 0 Å². The van der Waals surface area contributed by atoms with Crippen LogP contribution < -0.4 is 22.2 Å². The SMILES string of the molecule is C[C@@H]1[C@H](n2cnc3c(=O)cc[nH]c32)O[C@](C)(CO)[C@H]1O.C[C@@H]1[C@H](n2cnc3c(=O)cc[nH]c32)O[C@](F)(CO)[C@H]1O.C[C@@H]1[C@H](n2cnc3c(N)ccnc32)O[C@](F)(CO)[C@H]1O.Cc1nc2c(ncn2[C@@H]2O[C@](F)(CO)[C@@H](O)[C@@H]2C)c(=O)[nH]1. The molecule has 0 unspecified atom stereocenters. The van der Waals surface area contributed by atoms with Gasteiger partial charge >= 0.3 is 0 Å². The number of alkyl halides is 3. The molecule has 16 atom stereocenters. The number of hydrogen-bond donors (Lipinski definition) is 12. The van der Waals surface area contributed by atoms with Crippen molar-refractivity contribution in [3.8, 4) is 0 Å². The van der Waals surface area contributed by atoms with Crippen LogP contribution >= 0.6 is 0 Å². The number of fused-ring (bicyclic) bond motifs is 4. The minimum absolute atomic E-state index is 0.103. The number of H-pyrrole nitrogens is 3. The van der Waals surface area contributed by atoms with Gasteiger partial charge in [0.15, 0.2) is 27.8 Å². The molecule has 8 aromatic rings. The monoisotopic (exact) mass is 1140 g/mol. The number of aliphatic hydroxyl groups is 8. The predicted molar refractivity (Wildman–Crippen MR) is 275 cm³/mol. The fourth-order valence-corrected chi connectivity index (χ4v) is 10.4. The summed E-state index contributed by atoms with van der Waals surface area (Å²) in [4.78, 5) is 67.9. The molecule has 4 aliphatic heterocycles. The quantitative estimate of drug-likeness (QED) is 0.0931. The molecule has 4 saturated heterocycles. The van der Waals surface area contributed by atoms with Crippen molar-refractivity contribution in [2.75, 3.05) is 32.2 Å². The van der Waals surface area contributed by atoms with E-state index in [1.807, 2.05) is 6.92 Å². The number of aliphatic hydroxyl groups excluding tert-OH is 8. The summed E-state index contributed by atoms with van der Waals surface area (Å²) in [6.07, 6.45) is 1.82. The number of pyridine rings is 3. The fourth-order valence-electron chi connectivity index (χ4n) is 10.4. The average Bonchev–Trinajstić information content (AvgIpc) is 3.87. The Balaban J connectivity index is 0.000000130. The van der Waals surface area contributed by atoms with E-state index in [-0.39, 0.29) is 40.1 Å². The highest BCUT2D eigenvalue weighted by molar-refractivity contribution is 5.83. The lowest BCUT2D eigenvalue weighted by Crippen LogP contribution is -2.41. The maximum atomic E-state index is 14.2. The van der Waals surface area contributed by atoms with Crippen molar-refractivity contribution in [2.24, 2.45) is 23.7 Å². The summed E-state index contributed by atoms with van der Waals surface area (Å²) >= 11 is 0. The van der Waals surface area contributed by atoms with Crippen LogP contribution in [0.4, 0.5) is 18.9 Å². The van der Waals surface area contributed by atoms with Crippen LogP contribution in [0.25, 0.3) is 44.7 Å². The summed E-state index contributed by atoms with van der Waals surface area (Å²) in [6, 6.07) is 4.35. The lowest BCUT2D eigenvalue weighted by atomic mass is 9.93. The Hall–Kier alpha value is -7.08. The van der Waals surface area contributed by atoms with E-state index in [1.54, 1.807) is 51.4 Å². The number of rotatable bonds is 8. The Morgan fingerprint density at radius 2 is 0.951 bits per heavy atom. The second-order valence-corrected chi connectivity index (χ2v) is 20.6. The molecule has 12 rings (SSSR count). The summed E-state index contributed by atoms with van der Waals surface area (Å²) in [5.41, 5.74) is 7.10. The largest absolute Gasteiger partial charge is 0.397 e. The summed E-state index contributed by atoms with van der Waals surface area (Å²) in [5.74, 6) is -9.25. The van der Waals surface area contributed by atoms with Gasteiger partial charge in [-0.15, -0.1) is 0 Å². The number of nitrogens with zero attached hydrogens (tertiary/aromatic N) is 10. The second-order valence-electron chi connectivity index (χ2n) is 20.6. The molecular formula is C49H61F3N14O15. The van der Waals surface area contributed by atoms with Crippen molar-refractivity contribution in [1.82, 2.24) is 63.1 Å². The third-order valence-corrected chi connectivity index (χ3v) is 15.1. The van der Waals surface area contributed by atoms with Gasteiger partial charge in [0.25, 0.3) is 23.1 Å². The highest BCUT2D eigenvalue weighted by Crippen LogP contribution is 2.46. The molecule has 8 aromatic heterocycles. The Morgan fingerprint density at radius 1 is 0.556 bits per heavy atom. The zero-order chi connectivity index (χ0) is 58.8. The summed E-state index contributed by atoms with van der Waals surface area (Å²) in [6.45, 7) is 6.81. The van der Waals surface area contributed by atoms with E-state index >= 15 is 0 Å². The van der Waals surface area contributed by atoms with Gasteiger partial charge < -0.3 is 80.5 Å². The number of nitrogens with one attached hydrogen (secondary N) is 3. The van der Waals surface area contributed by atoms with Crippen molar-refractivity contribution in [3.05, 3.63) is 98.7 Å². The van der Waals surface area contributed by atoms with Gasteiger partial charge in [-0.05, 0) is 19.9 Å². The molecule has 0 bridgehead atoms. The molecule has 12 heterocycles. The van der Waals surface area contributed by atoms with Crippen LogP contribution in [0.3, 0.4) is 0 Å². The Morgan fingerprint density at radius 3 is 1.38 bits per heavy atom. The number of ether oxygens (including phenoxy) is 4. The third kappa shape index (κ3) is 10.1. The van der Waals surface area contributed by atoms with Gasteiger partial charge in [-0.1, -0.05) is 27.7 Å². The van der Waals surface area contributed by atoms with E-state index in [1.165, 1.54) is 63.5 Å². The molecule has 0 aromatic carbocycles. The Labute approximate surface area is 454 Å². The molecule has 29 nitrogen and oxygen atoms in total. The average molecular weight is 1140 g/mol. The molecule has 438 valence electrons. The van der Waals surface area contributed by atoms with E-state index in [4.69, 9.17) is 40.0 Å². The first-order chi connectivity index (χ1) is 38.3. The second kappa shape index (κ2) is 22.0. The van der Waals surface area contributed by atoms with Crippen molar-refractivity contribution in [2.45, 2.75) is 114 Å². The Kier molecular flexibility index (Phi) is 15.9. The van der Waals surface area contributed by atoms with E-state index in [2.05, 4.69) is 44.9 Å². The molecule has 0 saturated carbocycles. The standard InChI is InChI=1S/C13H17N3O4.C12H15FN4O4.C12H15FN4O3.C12H14FN3O4/c1-7-10(19)13(2,5-17)20-12(7)16-6-15-9-8(18)3-4-14-11(9)16;1-5-8(19)12(13,3-18)21-11(5)17-4-14-7-9(17)15-6(2)16-10(7)20;1-6-9(19)12(13,4-18)20-11(6)17-5-16-8-7(14)2-3-15-10(8)17;1-6-9(19)12(13,4-17)20-11(6)16-5-15-8-7(18)2-3-14-10(8)16/h3-4,6-7,10,12,17,19H,5H2,1-2H3,(H,14,18);4-5,8,11,18-19H,3H2,1-2H3,(H,15,16,20);2-3,5-6,9,11,18-19H,4H2,1H3,(H2,14,15);2-3,5-6,9,11,17,19H,4H2,1H3,(H,14,18)/t7-,10-,12+,13+;5-,8-,11+,12+;2*6-,9-,11+,12+/m0000/s1. The van der Waals surface area contributed by atoms with Crippen LogP contribution in [0.5, 0.6) is 0 Å². The number of imidazole rings is 4. The van der Waals surface area contributed by atoms with Crippen LogP contribution in [-0.2, 0) is 18.9 Å². The normalized spacial score (nSPS) is 33.6. The molecule has 0 amide bonds. The Bertz CT molecular complexity index is 3620. The van der Waals surface area contributed by atoms with Crippen molar-refractivity contribution >= 4 is 50.3 Å². The lowest BCUT2D eigenvalue weighted by Gasteiger charge is -2.25. The minimum Gasteiger partial charge on any atom is -0.397 e. The van der Waals surface area contributed by atoms with Gasteiger partial charge in [0.2, 0.25) is 10.9 Å². The molecule has 32 heteroatoms. The molecule has 13 N–H and O–H groups in total. The van der Waals surface area contributed by atoms with E-state index in [0.717, 1.165) is 0 Å². The van der Waals surface area contributed by atoms with Gasteiger partial charge in [-0.25, -0.2) is 43.1 Å². The number of nitrogens with two attached hydrogens (primary N) is 1. The molecule has 4 fully saturated rings. The topological polar surface area (TPSA) is 420 Å². The van der Waals surface area contributed by atoms with Crippen LogP contribution in [0.15, 0.2) is 76.5 Å². The number of hydrogen-bond acceptors (Lipinski definition) is 22. The zero-order valence-corrected chi connectivity index (χ0v) is 44.1. The molecular weight excluding hydrogens is 1080 g/mol. The summed E-state index contributed by atoms with van der Waals surface area (Å²) in [5, 5.41) is 76.4. The highest BCUT2D eigenvalue weighted by Gasteiger charge is 2.57. The number of aryl methyl sites for hydroxylation is 1.